The smallest absolute Gasteiger partial charge is 0.320 e. The van der Waals surface area contributed by atoms with Gasteiger partial charge in [-0.05, 0) is 17.5 Å². The summed E-state index contributed by atoms with van der Waals surface area (Å²) < 4.78 is 5.76. The zero-order valence-electron chi connectivity index (χ0n) is 10.7. The third-order valence-electron chi connectivity index (χ3n) is 3.21. The molecule has 2 rings (SSSR count). The van der Waals surface area contributed by atoms with E-state index in [-0.39, 0.29) is 12.0 Å². The summed E-state index contributed by atoms with van der Waals surface area (Å²) in [7, 11) is 0. The molecule has 0 aliphatic carbocycles. The third-order valence-corrected chi connectivity index (χ3v) is 3.21. The first kappa shape index (κ1) is 12.9. The first-order valence-electron chi connectivity index (χ1n) is 6.28. The second-order valence-electron chi connectivity index (χ2n) is 5.02. The number of aliphatic carboxylic acids is 1. The molecule has 2 atom stereocenters. The van der Waals surface area contributed by atoms with E-state index in [1.165, 1.54) is 5.56 Å². The molecule has 4 nitrogen and oxygen atoms in total. The average Bonchev–Trinajstić information content (AvgIpc) is 2.70. The lowest BCUT2D eigenvalue weighted by Gasteiger charge is -2.20. The van der Waals surface area contributed by atoms with Crippen LogP contribution in [0.2, 0.25) is 0 Å². The van der Waals surface area contributed by atoms with Crippen LogP contribution in [0.1, 0.15) is 19.4 Å². The molecule has 0 aromatic heterocycles. The van der Waals surface area contributed by atoms with E-state index in [2.05, 4.69) is 5.32 Å². The van der Waals surface area contributed by atoms with Gasteiger partial charge in [0.2, 0.25) is 0 Å². The van der Waals surface area contributed by atoms with Gasteiger partial charge in [0, 0.05) is 13.0 Å². The van der Waals surface area contributed by atoms with Gasteiger partial charge in [0.15, 0.2) is 0 Å². The van der Waals surface area contributed by atoms with Crippen molar-refractivity contribution in [1.82, 2.24) is 5.32 Å². The summed E-state index contributed by atoms with van der Waals surface area (Å²) in [5, 5.41) is 12.2. The second kappa shape index (κ2) is 5.40. The molecule has 0 fully saturated rings. The fourth-order valence-electron chi connectivity index (χ4n) is 2.23. The summed E-state index contributed by atoms with van der Waals surface area (Å²) in [6.07, 6.45) is 0.871. The normalized spacial score (nSPS) is 19.4. The van der Waals surface area contributed by atoms with Crippen LogP contribution in [-0.4, -0.2) is 29.8 Å². The summed E-state index contributed by atoms with van der Waals surface area (Å²) in [5.74, 6) is 0.174. The number of rotatable bonds is 5. The van der Waals surface area contributed by atoms with Gasteiger partial charge < -0.3 is 15.2 Å². The van der Waals surface area contributed by atoms with Crippen LogP contribution < -0.4 is 10.1 Å². The first-order valence-corrected chi connectivity index (χ1v) is 6.28. The Morgan fingerprint density at radius 2 is 2.22 bits per heavy atom. The highest BCUT2D eigenvalue weighted by Gasteiger charge is 2.26. The van der Waals surface area contributed by atoms with Gasteiger partial charge in [-0.2, -0.15) is 0 Å². The molecule has 1 aliphatic heterocycles. The van der Waals surface area contributed by atoms with Crippen LogP contribution in [0.5, 0.6) is 5.75 Å². The van der Waals surface area contributed by atoms with E-state index in [4.69, 9.17) is 9.84 Å². The van der Waals surface area contributed by atoms with Crippen molar-refractivity contribution in [2.24, 2.45) is 5.92 Å². The zero-order valence-corrected chi connectivity index (χ0v) is 10.7. The van der Waals surface area contributed by atoms with Gasteiger partial charge in [-0.1, -0.05) is 32.0 Å². The fourth-order valence-corrected chi connectivity index (χ4v) is 2.23. The molecule has 2 unspecified atom stereocenters. The largest absolute Gasteiger partial charge is 0.488 e. The van der Waals surface area contributed by atoms with Crippen molar-refractivity contribution < 1.29 is 14.6 Å². The summed E-state index contributed by atoms with van der Waals surface area (Å²) >= 11 is 0. The van der Waals surface area contributed by atoms with Gasteiger partial charge in [0.25, 0.3) is 0 Å². The summed E-state index contributed by atoms with van der Waals surface area (Å²) in [5.41, 5.74) is 1.20. The molecule has 0 spiro atoms. The van der Waals surface area contributed by atoms with E-state index in [1.807, 2.05) is 38.1 Å². The van der Waals surface area contributed by atoms with E-state index in [0.717, 1.165) is 12.2 Å². The minimum absolute atomic E-state index is 0.0306. The second-order valence-corrected chi connectivity index (χ2v) is 5.02. The molecule has 2 N–H and O–H groups in total. The Bertz CT molecular complexity index is 406. The van der Waals surface area contributed by atoms with Gasteiger partial charge in [-0.25, -0.2) is 0 Å². The first-order chi connectivity index (χ1) is 8.58. The molecule has 1 aliphatic rings. The van der Waals surface area contributed by atoms with Gasteiger partial charge in [0.1, 0.15) is 17.9 Å². The molecule has 0 bridgehead atoms. The van der Waals surface area contributed by atoms with Crippen LogP contribution in [0.25, 0.3) is 0 Å². The minimum Gasteiger partial charge on any atom is -0.488 e. The highest BCUT2D eigenvalue weighted by Crippen LogP contribution is 2.27. The monoisotopic (exact) mass is 249 g/mol. The van der Waals surface area contributed by atoms with Crippen molar-refractivity contribution in [1.29, 1.82) is 0 Å². The molecule has 1 aromatic carbocycles. The lowest BCUT2D eigenvalue weighted by molar-refractivity contribution is -0.140. The van der Waals surface area contributed by atoms with E-state index in [1.54, 1.807) is 0 Å². The van der Waals surface area contributed by atoms with Crippen LogP contribution in [0, 0.1) is 5.92 Å². The van der Waals surface area contributed by atoms with E-state index < -0.39 is 12.0 Å². The molecule has 0 radical (unpaired) electrons. The number of hydrogen-bond acceptors (Lipinski definition) is 3. The Morgan fingerprint density at radius 3 is 2.83 bits per heavy atom. The lowest BCUT2D eigenvalue weighted by atomic mass is 10.0. The highest BCUT2D eigenvalue weighted by atomic mass is 16.5. The number of ether oxygens (including phenoxy) is 1. The number of para-hydroxylation sites is 1. The van der Waals surface area contributed by atoms with Crippen LogP contribution in [-0.2, 0) is 11.2 Å². The number of hydrogen-bond donors (Lipinski definition) is 2. The molecule has 18 heavy (non-hydrogen) atoms. The maximum atomic E-state index is 11.1. The number of carboxylic acid groups (broad SMARTS) is 1. The van der Waals surface area contributed by atoms with Crippen LogP contribution in [0.4, 0.5) is 0 Å². The number of nitrogens with one attached hydrogen (secondary N) is 1. The van der Waals surface area contributed by atoms with E-state index >= 15 is 0 Å². The van der Waals surface area contributed by atoms with Crippen molar-refractivity contribution in [3.05, 3.63) is 29.8 Å². The third kappa shape index (κ3) is 2.82. The quantitative estimate of drug-likeness (QED) is 0.833. The molecular weight excluding hydrogens is 230 g/mol. The van der Waals surface area contributed by atoms with Crippen molar-refractivity contribution in [2.45, 2.75) is 32.4 Å². The molecule has 1 aromatic rings. The lowest BCUT2D eigenvalue weighted by Crippen LogP contribution is -2.45. The average molecular weight is 249 g/mol. The van der Waals surface area contributed by atoms with Crippen molar-refractivity contribution >= 4 is 5.97 Å². The maximum absolute atomic E-state index is 11.1. The standard InChI is InChI=1S/C14H19NO3/c1-9(2)13(14(16)17)15-8-11-7-10-5-3-4-6-12(10)18-11/h3-6,9,11,13,15H,7-8H2,1-2H3,(H,16,17). The minimum atomic E-state index is -0.805. The molecule has 4 heteroatoms. The van der Waals surface area contributed by atoms with Gasteiger partial charge >= 0.3 is 5.97 Å². The highest BCUT2D eigenvalue weighted by molar-refractivity contribution is 5.73. The SMILES string of the molecule is CC(C)C(NCC1Cc2ccccc2O1)C(=O)O. The number of benzene rings is 1. The number of carbonyl (C=O) groups is 1. The zero-order chi connectivity index (χ0) is 13.1. The van der Waals surface area contributed by atoms with Crippen molar-refractivity contribution in [3.8, 4) is 5.75 Å². The predicted octanol–water partition coefficient (Wildman–Crippen LogP) is 1.69. The summed E-state index contributed by atoms with van der Waals surface area (Å²) in [6.45, 7) is 4.36. The molecule has 1 heterocycles. The number of fused-ring (bicyclic) bond motifs is 1. The van der Waals surface area contributed by atoms with E-state index in [0.29, 0.717) is 6.54 Å². The van der Waals surface area contributed by atoms with Gasteiger partial charge in [-0.15, -0.1) is 0 Å². The fraction of sp³-hybridized carbons (Fsp3) is 0.500. The van der Waals surface area contributed by atoms with Gasteiger partial charge in [-0.3, -0.25) is 4.79 Å². The molecular formula is C14H19NO3. The Morgan fingerprint density at radius 1 is 1.50 bits per heavy atom. The van der Waals surface area contributed by atoms with E-state index in [9.17, 15) is 4.79 Å². The topological polar surface area (TPSA) is 58.6 Å². The van der Waals surface area contributed by atoms with Crippen LogP contribution in [0.3, 0.4) is 0 Å². The Labute approximate surface area is 107 Å². The summed E-state index contributed by atoms with van der Waals surface area (Å²) in [4.78, 5) is 11.1. The Kier molecular flexibility index (Phi) is 3.87. The molecule has 98 valence electrons. The Hall–Kier alpha value is -1.55. The predicted molar refractivity (Wildman–Crippen MR) is 68.8 cm³/mol. The molecule has 0 saturated heterocycles. The van der Waals surface area contributed by atoms with Gasteiger partial charge in [0.05, 0.1) is 0 Å². The maximum Gasteiger partial charge on any atom is 0.320 e. The van der Waals surface area contributed by atoms with Crippen LogP contribution >= 0.6 is 0 Å². The van der Waals surface area contributed by atoms with Crippen LogP contribution in [0.15, 0.2) is 24.3 Å². The summed E-state index contributed by atoms with van der Waals surface area (Å²) in [6, 6.07) is 7.42. The van der Waals surface area contributed by atoms with Crippen molar-refractivity contribution in [2.75, 3.05) is 6.54 Å². The number of carboxylic acids is 1. The Balaban J connectivity index is 1.88. The molecule has 0 saturated carbocycles. The van der Waals surface area contributed by atoms with Crippen molar-refractivity contribution in [3.63, 3.8) is 0 Å². The molecule has 0 amide bonds.